The molecule has 0 saturated carbocycles. The highest BCUT2D eigenvalue weighted by molar-refractivity contribution is 5.84. The quantitative estimate of drug-likeness (QED) is 0.633. The van der Waals surface area contributed by atoms with Crippen molar-refractivity contribution in [1.82, 2.24) is 4.90 Å². The molecule has 0 aliphatic carbocycles. The molecule has 12 heavy (non-hydrogen) atoms. The fourth-order valence-electron chi connectivity index (χ4n) is 1.88. The topological polar surface area (TPSA) is 20.3 Å². The van der Waals surface area contributed by atoms with Gasteiger partial charge in [-0.1, -0.05) is 26.7 Å². The molecule has 1 amide bonds. The number of carbonyl (C=O) groups is 1. The Balaban J connectivity index is 2.54. The molecule has 1 saturated heterocycles. The molecule has 0 bridgehead atoms. The van der Waals surface area contributed by atoms with Crippen LogP contribution in [-0.2, 0) is 4.79 Å². The predicted molar refractivity (Wildman–Crippen MR) is 49.9 cm³/mol. The Hall–Kier alpha value is -0.530. The van der Waals surface area contributed by atoms with Crippen molar-refractivity contribution in [2.24, 2.45) is 5.41 Å². The number of carbonyl (C=O) groups excluding carboxylic acids is 1. The molecule has 1 aliphatic heterocycles. The molecule has 2 nitrogen and oxygen atoms in total. The molecule has 0 aromatic heterocycles. The third-order valence-electron chi connectivity index (χ3n) is 2.94. The summed E-state index contributed by atoms with van der Waals surface area (Å²) in [6, 6.07) is 0. The lowest BCUT2D eigenvalue weighted by Crippen LogP contribution is -2.29. The Bertz CT molecular complexity index is 179. The van der Waals surface area contributed by atoms with Crippen LogP contribution in [0, 0.1) is 5.41 Å². The monoisotopic (exact) mass is 169 g/mol. The molecular formula is C10H19NO. The van der Waals surface area contributed by atoms with Gasteiger partial charge in [-0.3, -0.25) is 4.79 Å². The molecule has 0 spiro atoms. The van der Waals surface area contributed by atoms with E-state index in [1.54, 1.807) is 0 Å². The Morgan fingerprint density at radius 2 is 2.25 bits per heavy atom. The second kappa shape index (κ2) is 3.46. The summed E-state index contributed by atoms with van der Waals surface area (Å²) >= 11 is 0. The highest BCUT2D eigenvalue weighted by Gasteiger charge is 2.39. The van der Waals surface area contributed by atoms with Crippen molar-refractivity contribution in [3.8, 4) is 0 Å². The van der Waals surface area contributed by atoms with E-state index in [0.29, 0.717) is 5.91 Å². The fourth-order valence-corrected chi connectivity index (χ4v) is 1.88. The zero-order valence-corrected chi connectivity index (χ0v) is 8.39. The van der Waals surface area contributed by atoms with Crippen molar-refractivity contribution in [2.45, 2.75) is 39.5 Å². The standard InChI is InChI=1S/C10H19NO/c1-4-5-6-10(2)7-8-11(3)9(10)12/h4-8H2,1-3H3. The Kier molecular flexibility index (Phi) is 2.76. The SMILES string of the molecule is CCCCC1(C)CCN(C)C1=O. The first-order valence-electron chi connectivity index (χ1n) is 4.86. The van der Waals surface area contributed by atoms with Gasteiger partial charge in [-0.05, 0) is 12.8 Å². The molecule has 1 rings (SSSR count). The summed E-state index contributed by atoms with van der Waals surface area (Å²) in [5.74, 6) is 0.343. The molecule has 2 heteroatoms. The molecule has 0 aromatic rings. The van der Waals surface area contributed by atoms with Gasteiger partial charge in [-0.15, -0.1) is 0 Å². The predicted octanol–water partition coefficient (Wildman–Crippen LogP) is 2.04. The van der Waals surface area contributed by atoms with Crippen molar-refractivity contribution in [3.05, 3.63) is 0 Å². The molecule has 1 aliphatic rings. The minimum atomic E-state index is -0.0369. The average Bonchev–Trinajstić information content (AvgIpc) is 2.31. The van der Waals surface area contributed by atoms with Gasteiger partial charge in [0.05, 0.1) is 0 Å². The van der Waals surface area contributed by atoms with Crippen molar-refractivity contribution in [2.75, 3.05) is 13.6 Å². The third kappa shape index (κ3) is 1.62. The van der Waals surface area contributed by atoms with Gasteiger partial charge in [-0.25, -0.2) is 0 Å². The van der Waals surface area contributed by atoms with Crippen molar-refractivity contribution >= 4 is 5.91 Å². The highest BCUT2D eigenvalue weighted by Crippen LogP contribution is 2.35. The number of unbranched alkanes of at least 4 members (excludes halogenated alkanes) is 1. The molecule has 70 valence electrons. The summed E-state index contributed by atoms with van der Waals surface area (Å²) in [5.41, 5.74) is -0.0369. The smallest absolute Gasteiger partial charge is 0.228 e. The first-order valence-corrected chi connectivity index (χ1v) is 4.86. The van der Waals surface area contributed by atoms with Crippen LogP contribution in [0.1, 0.15) is 39.5 Å². The maximum absolute atomic E-state index is 11.7. The van der Waals surface area contributed by atoms with Gasteiger partial charge in [-0.2, -0.15) is 0 Å². The molecule has 0 aromatic carbocycles. The second-order valence-electron chi connectivity index (χ2n) is 4.14. The van der Waals surface area contributed by atoms with Crippen molar-refractivity contribution < 1.29 is 4.79 Å². The number of nitrogens with zero attached hydrogens (tertiary/aromatic N) is 1. The van der Waals surface area contributed by atoms with Crippen molar-refractivity contribution in [1.29, 1.82) is 0 Å². The lowest BCUT2D eigenvalue weighted by molar-refractivity contribution is -0.134. The molecular weight excluding hydrogens is 150 g/mol. The van der Waals surface area contributed by atoms with Crippen LogP contribution in [0.2, 0.25) is 0 Å². The molecule has 1 atom stereocenters. The maximum Gasteiger partial charge on any atom is 0.228 e. The van der Waals surface area contributed by atoms with Crippen LogP contribution in [0.15, 0.2) is 0 Å². The van der Waals surface area contributed by atoms with E-state index in [1.807, 2.05) is 11.9 Å². The van der Waals surface area contributed by atoms with Gasteiger partial charge in [0.25, 0.3) is 0 Å². The van der Waals surface area contributed by atoms with E-state index < -0.39 is 0 Å². The lowest BCUT2D eigenvalue weighted by Gasteiger charge is -2.21. The van der Waals surface area contributed by atoms with Crippen LogP contribution in [0.4, 0.5) is 0 Å². The summed E-state index contributed by atoms with van der Waals surface area (Å²) in [4.78, 5) is 13.5. The maximum atomic E-state index is 11.7. The van der Waals surface area contributed by atoms with E-state index in [-0.39, 0.29) is 5.41 Å². The number of amides is 1. The van der Waals surface area contributed by atoms with Gasteiger partial charge < -0.3 is 4.90 Å². The average molecular weight is 169 g/mol. The van der Waals surface area contributed by atoms with E-state index in [0.717, 1.165) is 19.4 Å². The van der Waals surface area contributed by atoms with Gasteiger partial charge in [0, 0.05) is 19.0 Å². The first-order chi connectivity index (χ1) is 5.60. The van der Waals surface area contributed by atoms with Gasteiger partial charge >= 0.3 is 0 Å². The van der Waals surface area contributed by atoms with Crippen LogP contribution in [0.3, 0.4) is 0 Å². The zero-order chi connectivity index (χ0) is 9.19. The zero-order valence-electron chi connectivity index (χ0n) is 8.39. The van der Waals surface area contributed by atoms with E-state index >= 15 is 0 Å². The second-order valence-corrected chi connectivity index (χ2v) is 4.14. The highest BCUT2D eigenvalue weighted by atomic mass is 16.2. The Labute approximate surface area is 74.9 Å². The van der Waals surface area contributed by atoms with Crippen LogP contribution in [0.5, 0.6) is 0 Å². The first kappa shape index (κ1) is 9.56. The molecule has 1 unspecified atom stereocenters. The summed E-state index contributed by atoms with van der Waals surface area (Å²) < 4.78 is 0. The Morgan fingerprint density at radius 3 is 2.67 bits per heavy atom. The Morgan fingerprint density at radius 1 is 1.58 bits per heavy atom. The van der Waals surface area contributed by atoms with E-state index in [2.05, 4.69) is 13.8 Å². The van der Waals surface area contributed by atoms with Gasteiger partial charge in [0.1, 0.15) is 0 Å². The molecule has 1 heterocycles. The summed E-state index contributed by atoms with van der Waals surface area (Å²) in [6.07, 6.45) is 4.47. The number of hydrogen-bond acceptors (Lipinski definition) is 1. The van der Waals surface area contributed by atoms with Crippen LogP contribution in [-0.4, -0.2) is 24.4 Å². The van der Waals surface area contributed by atoms with Gasteiger partial charge in [0.15, 0.2) is 0 Å². The van der Waals surface area contributed by atoms with Gasteiger partial charge in [0.2, 0.25) is 5.91 Å². The van der Waals surface area contributed by atoms with E-state index in [1.165, 1.54) is 12.8 Å². The fraction of sp³-hybridized carbons (Fsp3) is 0.900. The van der Waals surface area contributed by atoms with E-state index in [9.17, 15) is 4.79 Å². The number of likely N-dealkylation sites (tertiary alicyclic amines) is 1. The molecule has 0 radical (unpaired) electrons. The summed E-state index contributed by atoms with van der Waals surface area (Å²) in [6.45, 7) is 5.22. The van der Waals surface area contributed by atoms with Crippen LogP contribution < -0.4 is 0 Å². The minimum absolute atomic E-state index is 0.0369. The largest absolute Gasteiger partial charge is 0.345 e. The number of hydrogen-bond donors (Lipinski definition) is 0. The van der Waals surface area contributed by atoms with E-state index in [4.69, 9.17) is 0 Å². The number of rotatable bonds is 3. The lowest BCUT2D eigenvalue weighted by atomic mass is 9.83. The minimum Gasteiger partial charge on any atom is -0.345 e. The summed E-state index contributed by atoms with van der Waals surface area (Å²) in [5, 5.41) is 0. The van der Waals surface area contributed by atoms with Crippen LogP contribution >= 0.6 is 0 Å². The summed E-state index contributed by atoms with van der Waals surface area (Å²) in [7, 11) is 1.90. The molecule has 1 fully saturated rings. The van der Waals surface area contributed by atoms with Crippen molar-refractivity contribution in [3.63, 3.8) is 0 Å². The third-order valence-corrected chi connectivity index (χ3v) is 2.94. The van der Waals surface area contributed by atoms with Crippen LogP contribution in [0.25, 0.3) is 0 Å². The normalized spacial score (nSPS) is 29.9. The molecule has 0 N–H and O–H groups in total.